The summed E-state index contributed by atoms with van der Waals surface area (Å²) in [6, 6.07) is 14.0. The first-order valence-electron chi connectivity index (χ1n) is 7.87. The normalized spacial score (nSPS) is 24.8. The Morgan fingerprint density at radius 1 is 1.17 bits per heavy atom. The van der Waals surface area contributed by atoms with Crippen molar-refractivity contribution in [3.8, 4) is 0 Å². The lowest BCUT2D eigenvalue weighted by Gasteiger charge is -2.43. The van der Waals surface area contributed by atoms with Crippen LogP contribution in [0.25, 0.3) is 0 Å². The Morgan fingerprint density at radius 3 is 2.50 bits per heavy atom. The Bertz CT molecular complexity index is 765. The average molecular weight is 364 g/mol. The third-order valence-electron chi connectivity index (χ3n) is 4.70. The predicted octanol–water partition coefficient (Wildman–Crippen LogP) is 4.02. The zero-order valence-electron chi connectivity index (χ0n) is 13.4. The van der Waals surface area contributed by atoms with Gasteiger partial charge in [-0.25, -0.2) is 0 Å². The number of Topliss-reactive ketones (excluding diaryl/α,β-unsaturated/α-hetero) is 1. The van der Waals surface area contributed by atoms with Crippen LogP contribution in [-0.4, -0.2) is 35.9 Å². The number of hydrogen-bond donors (Lipinski definition) is 1. The van der Waals surface area contributed by atoms with E-state index >= 15 is 0 Å². The molecular weight excluding hydrogens is 345 g/mol. The first-order valence-corrected chi connectivity index (χ1v) is 8.62. The Morgan fingerprint density at radius 2 is 1.83 bits per heavy atom. The van der Waals surface area contributed by atoms with E-state index in [1.165, 1.54) is 0 Å². The molecule has 0 bridgehead atoms. The van der Waals surface area contributed by atoms with Gasteiger partial charge >= 0.3 is 0 Å². The van der Waals surface area contributed by atoms with E-state index in [4.69, 9.17) is 23.2 Å². The Balaban J connectivity index is 2.02. The van der Waals surface area contributed by atoms with Gasteiger partial charge in [-0.05, 0) is 43.3 Å². The Labute approximate surface area is 151 Å². The van der Waals surface area contributed by atoms with Gasteiger partial charge in [0.1, 0.15) is 5.60 Å². The minimum absolute atomic E-state index is 0.105. The number of nitrogens with zero attached hydrogens (tertiary/aromatic N) is 1. The highest BCUT2D eigenvalue weighted by Gasteiger charge is 2.46. The number of carbonyl (C=O) groups is 1. The van der Waals surface area contributed by atoms with Crippen LogP contribution < -0.4 is 0 Å². The number of benzene rings is 2. The largest absolute Gasteiger partial charge is 0.384 e. The summed E-state index contributed by atoms with van der Waals surface area (Å²) in [4.78, 5) is 15.2. The maximum Gasteiger partial charge on any atom is 0.170 e. The van der Waals surface area contributed by atoms with Crippen molar-refractivity contribution in [3.63, 3.8) is 0 Å². The maximum atomic E-state index is 13.1. The van der Waals surface area contributed by atoms with Crippen LogP contribution in [0.1, 0.15) is 22.3 Å². The highest BCUT2D eigenvalue weighted by molar-refractivity contribution is 6.31. The summed E-state index contributed by atoms with van der Waals surface area (Å²) in [7, 11) is 1.95. The average Bonchev–Trinajstić information content (AvgIpc) is 2.56. The van der Waals surface area contributed by atoms with Gasteiger partial charge in [-0.2, -0.15) is 0 Å². The van der Waals surface area contributed by atoms with Crippen molar-refractivity contribution in [1.82, 2.24) is 4.90 Å². The van der Waals surface area contributed by atoms with Gasteiger partial charge < -0.3 is 10.0 Å². The number of ketones is 1. The number of carbonyl (C=O) groups excluding carboxylic acids is 1. The molecule has 0 aliphatic carbocycles. The van der Waals surface area contributed by atoms with Crippen molar-refractivity contribution >= 4 is 29.0 Å². The van der Waals surface area contributed by atoms with E-state index in [2.05, 4.69) is 4.90 Å². The number of hydrogen-bond acceptors (Lipinski definition) is 3. The van der Waals surface area contributed by atoms with Gasteiger partial charge in [0, 0.05) is 28.7 Å². The second kappa shape index (κ2) is 6.85. The highest BCUT2D eigenvalue weighted by Crippen LogP contribution is 2.39. The van der Waals surface area contributed by atoms with Crippen molar-refractivity contribution in [2.45, 2.75) is 12.0 Å². The quantitative estimate of drug-likeness (QED) is 0.837. The number of likely N-dealkylation sites (tertiary alicyclic amines) is 1. The van der Waals surface area contributed by atoms with Gasteiger partial charge in [0.05, 0.1) is 5.92 Å². The second-order valence-corrected chi connectivity index (χ2v) is 7.25. The van der Waals surface area contributed by atoms with E-state index in [-0.39, 0.29) is 5.78 Å². The van der Waals surface area contributed by atoms with Crippen molar-refractivity contribution < 1.29 is 9.90 Å². The third-order valence-corrected chi connectivity index (χ3v) is 5.17. The smallest absolute Gasteiger partial charge is 0.170 e. The number of aliphatic hydroxyl groups is 1. The molecule has 3 nitrogen and oxygen atoms in total. The molecule has 1 aliphatic heterocycles. The van der Waals surface area contributed by atoms with Crippen molar-refractivity contribution in [1.29, 1.82) is 0 Å². The predicted molar refractivity (Wildman–Crippen MR) is 96.7 cm³/mol. The SMILES string of the molecule is CN1CC[C@@](O)(c2cccc(Cl)c2)[C@H](C(=O)c2cccc(Cl)c2)C1. The summed E-state index contributed by atoms with van der Waals surface area (Å²) < 4.78 is 0. The van der Waals surface area contributed by atoms with E-state index in [1.54, 1.807) is 42.5 Å². The summed E-state index contributed by atoms with van der Waals surface area (Å²) >= 11 is 12.1. The topological polar surface area (TPSA) is 40.5 Å². The van der Waals surface area contributed by atoms with Crippen LogP contribution in [0.5, 0.6) is 0 Å². The van der Waals surface area contributed by atoms with Crippen molar-refractivity contribution in [2.24, 2.45) is 5.92 Å². The van der Waals surface area contributed by atoms with E-state index < -0.39 is 11.5 Å². The number of piperidine rings is 1. The lowest BCUT2D eigenvalue weighted by molar-refractivity contribution is -0.0594. The Kier molecular flexibility index (Phi) is 4.97. The lowest BCUT2D eigenvalue weighted by Crippen LogP contribution is -2.52. The van der Waals surface area contributed by atoms with Gasteiger partial charge in [0.2, 0.25) is 0 Å². The first kappa shape index (κ1) is 17.4. The molecule has 1 heterocycles. The molecule has 1 saturated heterocycles. The second-order valence-electron chi connectivity index (χ2n) is 6.37. The molecule has 5 heteroatoms. The van der Waals surface area contributed by atoms with Gasteiger partial charge in [-0.15, -0.1) is 0 Å². The standard InChI is InChI=1S/C19H19Cl2NO2/c1-22-9-8-19(24,14-5-3-7-16(21)11-14)17(12-22)18(23)13-4-2-6-15(20)10-13/h2-7,10-11,17,24H,8-9,12H2,1H3/t17-,19+/m0/s1. The molecule has 0 amide bonds. The van der Waals surface area contributed by atoms with Crippen LogP contribution in [0, 0.1) is 5.92 Å². The molecule has 0 radical (unpaired) electrons. The number of halogens is 2. The van der Waals surface area contributed by atoms with Crippen LogP contribution in [0.3, 0.4) is 0 Å². The molecule has 1 aliphatic rings. The molecule has 2 atom stereocenters. The van der Waals surface area contributed by atoms with Crippen LogP contribution in [-0.2, 0) is 5.60 Å². The fourth-order valence-corrected chi connectivity index (χ4v) is 3.72. The molecule has 2 aromatic rings. The Hall–Kier alpha value is -1.39. The number of rotatable bonds is 3. The molecular formula is C19H19Cl2NO2. The highest BCUT2D eigenvalue weighted by atomic mass is 35.5. The summed E-state index contributed by atoms with van der Waals surface area (Å²) in [5, 5.41) is 12.5. The minimum Gasteiger partial charge on any atom is -0.384 e. The third kappa shape index (κ3) is 3.35. The van der Waals surface area contributed by atoms with E-state index in [0.717, 1.165) is 0 Å². The zero-order chi connectivity index (χ0) is 17.3. The zero-order valence-corrected chi connectivity index (χ0v) is 14.9. The van der Waals surface area contributed by atoms with Gasteiger partial charge in [-0.3, -0.25) is 4.79 Å². The van der Waals surface area contributed by atoms with Crippen LogP contribution in [0.15, 0.2) is 48.5 Å². The molecule has 0 unspecified atom stereocenters. The van der Waals surface area contributed by atoms with Gasteiger partial charge in [-0.1, -0.05) is 47.5 Å². The molecule has 1 fully saturated rings. The molecule has 2 aromatic carbocycles. The molecule has 0 spiro atoms. The molecule has 3 rings (SSSR count). The molecule has 0 aromatic heterocycles. The monoisotopic (exact) mass is 363 g/mol. The van der Waals surface area contributed by atoms with Crippen LogP contribution in [0.2, 0.25) is 10.0 Å². The van der Waals surface area contributed by atoms with Crippen molar-refractivity contribution in [3.05, 3.63) is 69.7 Å². The van der Waals surface area contributed by atoms with E-state index in [0.29, 0.717) is 40.7 Å². The van der Waals surface area contributed by atoms with Crippen LogP contribution in [0.4, 0.5) is 0 Å². The summed E-state index contributed by atoms with van der Waals surface area (Å²) in [5.74, 6) is -0.681. The molecule has 1 N–H and O–H groups in total. The minimum atomic E-state index is -1.24. The van der Waals surface area contributed by atoms with Gasteiger partial charge in [0.15, 0.2) is 5.78 Å². The molecule has 0 saturated carbocycles. The molecule has 126 valence electrons. The van der Waals surface area contributed by atoms with Gasteiger partial charge in [0.25, 0.3) is 0 Å². The summed E-state index contributed by atoms with van der Waals surface area (Å²) in [6.45, 7) is 1.19. The maximum absolute atomic E-state index is 13.1. The fourth-order valence-electron chi connectivity index (χ4n) is 3.34. The fraction of sp³-hybridized carbons (Fsp3) is 0.316. The molecule has 24 heavy (non-hydrogen) atoms. The van der Waals surface area contributed by atoms with E-state index in [1.807, 2.05) is 13.1 Å². The van der Waals surface area contributed by atoms with Crippen molar-refractivity contribution in [2.75, 3.05) is 20.1 Å². The lowest BCUT2D eigenvalue weighted by atomic mass is 9.73. The van der Waals surface area contributed by atoms with Crippen LogP contribution >= 0.6 is 23.2 Å². The summed E-state index contributed by atoms with van der Waals surface area (Å²) in [6.07, 6.45) is 0.473. The first-order chi connectivity index (χ1) is 11.4. The van der Waals surface area contributed by atoms with E-state index in [9.17, 15) is 9.90 Å². The summed E-state index contributed by atoms with van der Waals surface area (Å²) in [5.41, 5.74) is -0.0386.